The molecule has 1 fully saturated rings. The maximum Gasteiger partial charge on any atom is 0.157 e. The van der Waals surface area contributed by atoms with Crippen LogP contribution in [0.5, 0.6) is 0 Å². The fourth-order valence-corrected chi connectivity index (χ4v) is 4.51. The molecule has 33 heavy (non-hydrogen) atoms. The number of anilines is 1. The lowest BCUT2D eigenvalue weighted by Crippen LogP contribution is -2.36. The smallest absolute Gasteiger partial charge is 0.157 e. The van der Waals surface area contributed by atoms with Gasteiger partial charge >= 0.3 is 0 Å². The van der Waals surface area contributed by atoms with Gasteiger partial charge < -0.3 is 15.4 Å². The average molecular weight is 435 g/mol. The van der Waals surface area contributed by atoms with Gasteiger partial charge in [-0.05, 0) is 55.2 Å². The van der Waals surface area contributed by atoms with Gasteiger partial charge in [0.15, 0.2) is 11.9 Å². The number of H-pyrrole nitrogens is 1. The van der Waals surface area contributed by atoms with Crippen molar-refractivity contribution in [2.45, 2.75) is 37.8 Å². The van der Waals surface area contributed by atoms with Gasteiger partial charge in [-0.2, -0.15) is 10.5 Å². The standard InChI is InChI=1S/C26H22N6O/c1-16-10-20(6-7-21(16)30-24(33)19-5-2-4-17(11-19)13-27)26(8-3-9-26)25-31-22-12-18(14-28)15-29-23(22)32-25/h2,4-7,10-12,15,24,30,33H,3,8-9H2,1H3,(H,29,31,32). The minimum Gasteiger partial charge on any atom is -0.369 e. The van der Waals surface area contributed by atoms with Gasteiger partial charge in [0.2, 0.25) is 0 Å². The molecule has 7 heteroatoms. The molecule has 3 N–H and O–H groups in total. The molecule has 0 bridgehead atoms. The minimum atomic E-state index is -0.920. The summed E-state index contributed by atoms with van der Waals surface area (Å²) in [6.07, 6.45) is 3.71. The number of aliphatic hydroxyl groups is 1. The number of aryl methyl sites for hydroxylation is 1. The largest absolute Gasteiger partial charge is 0.369 e. The molecule has 0 amide bonds. The monoisotopic (exact) mass is 434 g/mol. The summed E-state index contributed by atoms with van der Waals surface area (Å²) in [4.78, 5) is 12.5. The van der Waals surface area contributed by atoms with Crippen LogP contribution in [0.3, 0.4) is 0 Å². The number of aromatic amines is 1. The van der Waals surface area contributed by atoms with Crippen molar-refractivity contribution in [3.63, 3.8) is 0 Å². The summed E-state index contributed by atoms with van der Waals surface area (Å²) in [6.45, 7) is 2.01. The maximum absolute atomic E-state index is 10.6. The topological polar surface area (TPSA) is 121 Å². The van der Waals surface area contributed by atoms with Crippen LogP contribution in [0, 0.1) is 29.6 Å². The number of rotatable bonds is 5. The molecule has 2 aromatic carbocycles. The van der Waals surface area contributed by atoms with Crippen molar-refractivity contribution in [1.82, 2.24) is 15.0 Å². The molecule has 1 saturated carbocycles. The number of nitriles is 2. The third kappa shape index (κ3) is 3.59. The van der Waals surface area contributed by atoms with Gasteiger partial charge in [0.05, 0.1) is 22.6 Å². The average Bonchev–Trinajstić information content (AvgIpc) is 3.23. The molecular weight excluding hydrogens is 412 g/mol. The van der Waals surface area contributed by atoms with E-state index < -0.39 is 6.23 Å². The number of fused-ring (bicyclic) bond motifs is 1. The Kier molecular flexibility index (Phi) is 5.05. The molecule has 162 valence electrons. The summed E-state index contributed by atoms with van der Waals surface area (Å²) < 4.78 is 0. The molecule has 0 saturated heterocycles. The predicted molar refractivity (Wildman–Crippen MR) is 124 cm³/mol. The fourth-order valence-electron chi connectivity index (χ4n) is 4.51. The normalized spacial score (nSPS) is 15.3. The second-order valence-corrected chi connectivity index (χ2v) is 8.54. The summed E-state index contributed by atoms with van der Waals surface area (Å²) in [7, 11) is 0. The third-order valence-corrected chi connectivity index (χ3v) is 6.53. The summed E-state index contributed by atoms with van der Waals surface area (Å²) in [5.41, 5.74) is 5.82. The first-order chi connectivity index (χ1) is 16.0. The Bertz CT molecular complexity index is 1440. The molecule has 2 heterocycles. The number of nitrogens with one attached hydrogen (secondary N) is 2. The SMILES string of the molecule is Cc1cc(C2(c3nc4cc(C#N)cnc4[nH]3)CCC2)ccc1NC(O)c1cccc(C#N)c1. The quantitative estimate of drug-likeness (QED) is 0.395. The highest BCUT2D eigenvalue weighted by molar-refractivity contribution is 5.72. The predicted octanol–water partition coefficient (Wildman–Crippen LogP) is 4.58. The first-order valence-corrected chi connectivity index (χ1v) is 10.8. The van der Waals surface area contributed by atoms with Crippen LogP contribution in [0.1, 0.15) is 59.1 Å². The molecule has 0 radical (unpaired) electrons. The van der Waals surface area contributed by atoms with E-state index in [4.69, 9.17) is 15.5 Å². The van der Waals surface area contributed by atoms with Crippen molar-refractivity contribution >= 4 is 16.9 Å². The highest BCUT2D eigenvalue weighted by Gasteiger charge is 2.43. The van der Waals surface area contributed by atoms with Crippen LogP contribution < -0.4 is 5.32 Å². The van der Waals surface area contributed by atoms with Crippen molar-refractivity contribution in [3.8, 4) is 12.1 Å². The first kappa shape index (κ1) is 20.7. The molecule has 1 unspecified atom stereocenters. The molecule has 4 aromatic rings. The summed E-state index contributed by atoms with van der Waals surface area (Å²) in [6, 6.07) is 19.1. The van der Waals surface area contributed by atoms with E-state index in [-0.39, 0.29) is 5.41 Å². The minimum absolute atomic E-state index is 0.212. The Hall–Kier alpha value is -4.20. The Balaban J connectivity index is 1.44. The molecule has 2 aromatic heterocycles. The van der Waals surface area contributed by atoms with Crippen LogP contribution in [-0.4, -0.2) is 20.1 Å². The number of nitrogens with zero attached hydrogens (tertiary/aromatic N) is 4. The van der Waals surface area contributed by atoms with E-state index in [1.54, 1.807) is 36.5 Å². The van der Waals surface area contributed by atoms with Gasteiger partial charge in [-0.1, -0.05) is 30.7 Å². The zero-order valence-electron chi connectivity index (χ0n) is 18.1. The van der Waals surface area contributed by atoms with E-state index in [1.165, 1.54) is 0 Å². The van der Waals surface area contributed by atoms with Crippen LogP contribution in [0.4, 0.5) is 5.69 Å². The van der Waals surface area contributed by atoms with E-state index in [1.807, 2.05) is 13.0 Å². The van der Waals surface area contributed by atoms with Crippen LogP contribution in [0.15, 0.2) is 54.7 Å². The van der Waals surface area contributed by atoms with Crippen LogP contribution in [-0.2, 0) is 5.41 Å². The van der Waals surface area contributed by atoms with Crippen molar-refractivity contribution in [2.75, 3.05) is 5.32 Å². The van der Waals surface area contributed by atoms with E-state index in [9.17, 15) is 5.11 Å². The Labute approximate surface area is 191 Å². The molecule has 7 nitrogen and oxygen atoms in total. The lowest BCUT2D eigenvalue weighted by atomic mass is 9.63. The second-order valence-electron chi connectivity index (χ2n) is 8.54. The van der Waals surface area contributed by atoms with Gasteiger partial charge in [-0.3, -0.25) is 0 Å². The van der Waals surface area contributed by atoms with Gasteiger partial charge in [0.25, 0.3) is 0 Å². The lowest BCUT2D eigenvalue weighted by molar-refractivity contribution is 0.208. The molecule has 1 aliphatic rings. The van der Waals surface area contributed by atoms with Crippen molar-refractivity contribution in [3.05, 3.63) is 88.4 Å². The highest BCUT2D eigenvalue weighted by atomic mass is 16.3. The molecule has 0 aliphatic heterocycles. The summed E-state index contributed by atoms with van der Waals surface area (Å²) >= 11 is 0. The zero-order valence-corrected chi connectivity index (χ0v) is 18.1. The zero-order chi connectivity index (χ0) is 23.0. The maximum atomic E-state index is 10.6. The number of hydrogen-bond donors (Lipinski definition) is 3. The fraction of sp³-hybridized carbons (Fsp3) is 0.231. The van der Waals surface area contributed by atoms with Crippen molar-refractivity contribution < 1.29 is 5.11 Å². The van der Waals surface area contributed by atoms with Crippen molar-refractivity contribution in [1.29, 1.82) is 10.5 Å². The number of hydrogen-bond acceptors (Lipinski definition) is 6. The number of aliphatic hydroxyl groups excluding tert-OH is 1. The number of aromatic nitrogens is 3. The molecular formula is C26H22N6O. The summed E-state index contributed by atoms with van der Waals surface area (Å²) in [5, 5.41) is 32.0. The van der Waals surface area contributed by atoms with Crippen LogP contribution >= 0.6 is 0 Å². The van der Waals surface area contributed by atoms with E-state index in [0.717, 1.165) is 41.9 Å². The molecule has 5 rings (SSSR count). The Morgan fingerprint density at radius 2 is 1.91 bits per heavy atom. The van der Waals surface area contributed by atoms with Gasteiger partial charge in [0, 0.05) is 17.4 Å². The second kappa shape index (κ2) is 8.05. The number of benzene rings is 2. The molecule has 1 atom stereocenters. The lowest BCUT2D eigenvalue weighted by Gasteiger charge is -2.41. The van der Waals surface area contributed by atoms with Gasteiger partial charge in [-0.25, -0.2) is 9.97 Å². The summed E-state index contributed by atoms with van der Waals surface area (Å²) in [5.74, 6) is 0.875. The first-order valence-electron chi connectivity index (χ1n) is 10.8. The van der Waals surface area contributed by atoms with Crippen molar-refractivity contribution in [2.24, 2.45) is 0 Å². The highest BCUT2D eigenvalue weighted by Crippen LogP contribution is 2.48. The van der Waals surface area contributed by atoms with E-state index in [0.29, 0.717) is 27.9 Å². The molecule has 1 aliphatic carbocycles. The van der Waals surface area contributed by atoms with E-state index >= 15 is 0 Å². The Morgan fingerprint density at radius 3 is 2.61 bits per heavy atom. The Morgan fingerprint density at radius 1 is 1.09 bits per heavy atom. The van der Waals surface area contributed by atoms with Crippen LogP contribution in [0.25, 0.3) is 11.2 Å². The van der Waals surface area contributed by atoms with Crippen LogP contribution in [0.2, 0.25) is 0 Å². The number of pyridine rings is 1. The van der Waals surface area contributed by atoms with Gasteiger partial charge in [0.1, 0.15) is 17.4 Å². The third-order valence-electron chi connectivity index (χ3n) is 6.53. The van der Waals surface area contributed by atoms with E-state index in [2.05, 4.69) is 39.6 Å². The number of imidazole rings is 1. The van der Waals surface area contributed by atoms with Gasteiger partial charge in [-0.15, -0.1) is 0 Å². The molecule has 0 spiro atoms.